The number of esters is 1. The lowest BCUT2D eigenvalue weighted by Crippen LogP contribution is -2.32. The number of nitrogens with one attached hydrogen (secondary N) is 1. The van der Waals surface area contributed by atoms with Crippen LogP contribution >= 0.6 is 0 Å². The largest absolute Gasteiger partial charge is 0.495 e. The highest BCUT2D eigenvalue weighted by Gasteiger charge is 2.21. The van der Waals surface area contributed by atoms with Crippen molar-refractivity contribution in [3.05, 3.63) is 48.0 Å². The Kier molecular flexibility index (Phi) is 7.87. The second kappa shape index (κ2) is 10.2. The Bertz CT molecular complexity index is 1040. The lowest BCUT2D eigenvalue weighted by atomic mass is 10.1. The zero-order valence-electron chi connectivity index (χ0n) is 18.0. The van der Waals surface area contributed by atoms with E-state index in [1.54, 1.807) is 37.3 Å². The molecule has 1 unspecified atom stereocenters. The van der Waals surface area contributed by atoms with E-state index < -0.39 is 28.0 Å². The second-order valence-electron chi connectivity index (χ2n) is 6.64. The number of carbonyl (C=O) groups is 2. The first-order chi connectivity index (χ1) is 14.6. The summed E-state index contributed by atoms with van der Waals surface area (Å²) in [7, 11) is 0.787. The van der Waals surface area contributed by atoms with Gasteiger partial charge < -0.3 is 19.5 Å². The number of methoxy groups -OCH3 is 2. The van der Waals surface area contributed by atoms with Gasteiger partial charge in [-0.3, -0.25) is 9.10 Å². The van der Waals surface area contributed by atoms with Crippen LogP contribution in [0.1, 0.15) is 23.7 Å². The Morgan fingerprint density at radius 1 is 1.10 bits per heavy atom. The molecule has 9 nitrogen and oxygen atoms in total. The standard InChI is InChI=1S/C21H26N2O7S/c1-6-18(30-16-10-8-15(9-11-16)23(2)31(5,26)27)20(24)22-17-13-14(21(25)29-4)7-12-19(17)28-3/h7-13,18H,6H2,1-5H3,(H,22,24). The number of amides is 1. The third kappa shape index (κ3) is 6.11. The van der Waals surface area contributed by atoms with E-state index in [0.29, 0.717) is 29.3 Å². The molecule has 0 aliphatic carbocycles. The van der Waals surface area contributed by atoms with Gasteiger partial charge in [-0.15, -0.1) is 0 Å². The summed E-state index contributed by atoms with van der Waals surface area (Å²) in [5, 5.41) is 2.72. The summed E-state index contributed by atoms with van der Waals surface area (Å²) in [5.74, 6) is -0.187. The van der Waals surface area contributed by atoms with Crippen LogP contribution < -0.4 is 19.1 Å². The molecule has 0 spiro atoms. The molecule has 0 aromatic heterocycles. The molecular formula is C21H26N2O7S. The molecule has 0 aliphatic heterocycles. The molecule has 0 heterocycles. The fourth-order valence-corrected chi connectivity index (χ4v) is 3.18. The quantitative estimate of drug-likeness (QED) is 0.585. The molecule has 2 aromatic carbocycles. The smallest absolute Gasteiger partial charge is 0.337 e. The van der Waals surface area contributed by atoms with Crippen molar-refractivity contribution in [3.63, 3.8) is 0 Å². The molecule has 168 valence electrons. The van der Waals surface area contributed by atoms with Gasteiger partial charge in [0.05, 0.1) is 37.4 Å². The number of nitrogens with zero attached hydrogens (tertiary/aromatic N) is 1. The summed E-state index contributed by atoms with van der Waals surface area (Å²) >= 11 is 0. The summed E-state index contributed by atoms with van der Waals surface area (Å²) in [4.78, 5) is 24.6. The Morgan fingerprint density at radius 3 is 2.26 bits per heavy atom. The molecule has 1 atom stereocenters. The highest BCUT2D eigenvalue weighted by Crippen LogP contribution is 2.27. The molecule has 0 saturated heterocycles. The van der Waals surface area contributed by atoms with Crippen molar-refractivity contribution in [3.8, 4) is 11.5 Å². The molecular weight excluding hydrogens is 424 g/mol. The second-order valence-corrected chi connectivity index (χ2v) is 8.65. The van der Waals surface area contributed by atoms with Gasteiger partial charge in [0.2, 0.25) is 10.0 Å². The van der Waals surface area contributed by atoms with E-state index in [9.17, 15) is 18.0 Å². The Labute approximate surface area is 182 Å². The van der Waals surface area contributed by atoms with Crippen molar-refractivity contribution in [1.82, 2.24) is 0 Å². The van der Waals surface area contributed by atoms with Gasteiger partial charge in [-0.1, -0.05) is 6.92 Å². The molecule has 0 radical (unpaired) electrons. The average molecular weight is 451 g/mol. The number of carbonyl (C=O) groups excluding carboxylic acids is 2. The monoisotopic (exact) mass is 450 g/mol. The number of ether oxygens (including phenoxy) is 3. The van der Waals surface area contributed by atoms with Crippen LogP contribution in [-0.2, 0) is 19.6 Å². The van der Waals surface area contributed by atoms with E-state index >= 15 is 0 Å². The summed E-state index contributed by atoms with van der Waals surface area (Å²) in [6.07, 6.45) is 0.652. The van der Waals surface area contributed by atoms with Gasteiger partial charge >= 0.3 is 5.97 Å². The SMILES string of the molecule is CCC(Oc1ccc(N(C)S(C)(=O)=O)cc1)C(=O)Nc1cc(C(=O)OC)ccc1OC. The number of hydrogen-bond acceptors (Lipinski definition) is 7. The van der Waals surface area contributed by atoms with E-state index in [4.69, 9.17) is 14.2 Å². The molecule has 0 saturated carbocycles. The van der Waals surface area contributed by atoms with Crippen LogP contribution in [0.5, 0.6) is 11.5 Å². The van der Waals surface area contributed by atoms with Crippen LogP contribution in [0.4, 0.5) is 11.4 Å². The van der Waals surface area contributed by atoms with Gasteiger partial charge in [-0.25, -0.2) is 13.2 Å². The fourth-order valence-electron chi connectivity index (χ4n) is 2.68. The van der Waals surface area contributed by atoms with Gasteiger partial charge in [0.15, 0.2) is 6.10 Å². The van der Waals surface area contributed by atoms with Gasteiger partial charge in [0.25, 0.3) is 5.91 Å². The van der Waals surface area contributed by atoms with E-state index in [2.05, 4.69) is 5.32 Å². The molecule has 1 N–H and O–H groups in total. The molecule has 10 heteroatoms. The van der Waals surface area contributed by atoms with Crippen LogP contribution in [0.3, 0.4) is 0 Å². The Hall–Kier alpha value is -3.27. The first-order valence-corrected chi connectivity index (χ1v) is 11.2. The number of hydrogen-bond donors (Lipinski definition) is 1. The third-order valence-corrected chi connectivity index (χ3v) is 5.72. The highest BCUT2D eigenvalue weighted by molar-refractivity contribution is 7.92. The predicted molar refractivity (Wildman–Crippen MR) is 117 cm³/mol. The molecule has 0 bridgehead atoms. The van der Waals surface area contributed by atoms with E-state index in [-0.39, 0.29) is 5.56 Å². The van der Waals surface area contributed by atoms with E-state index in [0.717, 1.165) is 10.6 Å². The lowest BCUT2D eigenvalue weighted by Gasteiger charge is -2.20. The van der Waals surface area contributed by atoms with Crippen LogP contribution in [0.25, 0.3) is 0 Å². The number of rotatable bonds is 9. The Morgan fingerprint density at radius 2 is 1.74 bits per heavy atom. The average Bonchev–Trinajstić information content (AvgIpc) is 2.76. The third-order valence-electron chi connectivity index (χ3n) is 4.52. The highest BCUT2D eigenvalue weighted by atomic mass is 32.2. The van der Waals surface area contributed by atoms with Crippen molar-refractivity contribution < 1.29 is 32.2 Å². The van der Waals surface area contributed by atoms with Crippen molar-refractivity contribution in [2.24, 2.45) is 0 Å². The number of benzene rings is 2. The minimum absolute atomic E-state index is 0.262. The number of anilines is 2. The van der Waals surface area contributed by atoms with Crippen LogP contribution in [0.2, 0.25) is 0 Å². The molecule has 31 heavy (non-hydrogen) atoms. The minimum Gasteiger partial charge on any atom is -0.495 e. The predicted octanol–water partition coefficient (Wildman–Crippen LogP) is 2.67. The maximum Gasteiger partial charge on any atom is 0.337 e. The minimum atomic E-state index is -3.38. The maximum atomic E-state index is 12.8. The van der Waals surface area contributed by atoms with Crippen LogP contribution in [0, 0.1) is 0 Å². The van der Waals surface area contributed by atoms with Crippen molar-refractivity contribution >= 4 is 33.3 Å². The molecule has 2 aromatic rings. The van der Waals surface area contributed by atoms with Crippen LogP contribution in [0.15, 0.2) is 42.5 Å². The topological polar surface area (TPSA) is 111 Å². The van der Waals surface area contributed by atoms with Gasteiger partial charge in [0.1, 0.15) is 11.5 Å². The van der Waals surface area contributed by atoms with Crippen molar-refractivity contribution in [2.75, 3.05) is 37.1 Å². The van der Waals surface area contributed by atoms with Gasteiger partial charge in [0, 0.05) is 7.05 Å². The first kappa shape index (κ1) is 24.0. The van der Waals surface area contributed by atoms with Crippen LogP contribution in [-0.4, -0.2) is 53.9 Å². The fraction of sp³-hybridized carbons (Fsp3) is 0.333. The molecule has 1 amide bonds. The zero-order chi connectivity index (χ0) is 23.2. The van der Waals surface area contributed by atoms with Gasteiger partial charge in [-0.05, 0) is 48.9 Å². The summed E-state index contributed by atoms with van der Waals surface area (Å²) in [6, 6.07) is 10.9. The normalized spacial score (nSPS) is 11.9. The number of sulfonamides is 1. The molecule has 2 rings (SSSR count). The zero-order valence-corrected chi connectivity index (χ0v) is 18.9. The molecule has 0 aliphatic rings. The Balaban J connectivity index is 2.16. The molecule has 0 fully saturated rings. The maximum absolute atomic E-state index is 12.8. The van der Waals surface area contributed by atoms with Gasteiger partial charge in [-0.2, -0.15) is 0 Å². The summed E-state index contributed by atoms with van der Waals surface area (Å²) in [5.41, 5.74) is 1.04. The lowest BCUT2D eigenvalue weighted by molar-refractivity contribution is -0.122. The van der Waals surface area contributed by atoms with Crippen molar-refractivity contribution in [1.29, 1.82) is 0 Å². The summed E-state index contributed by atoms with van der Waals surface area (Å²) in [6.45, 7) is 1.79. The van der Waals surface area contributed by atoms with Crippen molar-refractivity contribution in [2.45, 2.75) is 19.4 Å². The summed E-state index contributed by atoms with van der Waals surface area (Å²) < 4.78 is 40.2. The van der Waals surface area contributed by atoms with E-state index in [1.165, 1.54) is 33.4 Å². The first-order valence-electron chi connectivity index (χ1n) is 9.38. The van der Waals surface area contributed by atoms with E-state index in [1.807, 2.05) is 0 Å².